The lowest BCUT2D eigenvalue weighted by Crippen LogP contribution is -2.48. The van der Waals surface area contributed by atoms with Crippen molar-refractivity contribution in [1.82, 2.24) is 20.4 Å². The SMILES string of the molecule is CCC(C)(C)NC(=O)C1CCN(Cc2nc(-c3cccc(Cl)c3)no2)CC1. The number of carbonyl (C=O) groups excluding carboxylic acids is 1. The van der Waals surface area contributed by atoms with Crippen LogP contribution in [0.3, 0.4) is 0 Å². The molecule has 6 nitrogen and oxygen atoms in total. The predicted octanol–water partition coefficient (Wildman–Crippen LogP) is 3.91. The average molecular weight is 391 g/mol. The van der Waals surface area contributed by atoms with Crippen LogP contribution in [0.15, 0.2) is 28.8 Å². The number of nitrogens with zero attached hydrogens (tertiary/aromatic N) is 3. The minimum atomic E-state index is -0.144. The summed E-state index contributed by atoms with van der Waals surface area (Å²) in [5.41, 5.74) is 0.695. The van der Waals surface area contributed by atoms with Crippen molar-refractivity contribution in [3.63, 3.8) is 0 Å². The summed E-state index contributed by atoms with van der Waals surface area (Å²) in [5.74, 6) is 1.38. The number of likely N-dealkylation sites (tertiary alicyclic amines) is 1. The Balaban J connectivity index is 1.52. The van der Waals surface area contributed by atoms with E-state index in [1.54, 1.807) is 0 Å². The number of aromatic nitrogens is 2. The zero-order valence-electron chi connectivity index (χ0n) is 16.2. The van der Waals surface area contributed by atoms with Crippen LogP contribution in [0.1, 0.15) is 45.9 Å². The highest BCUT2D eigenvalue weighted by molar-refractivity contribution is 6.30. The summed E-state index contributed by atoms with van der Waals surface area (Å²) in [6.07, 6.45) is 2.62. The van der Waals surface area contributed by atoms with Gasteiger partial charge in [0.15, 0.2) is 0 Å². The van der Waals surface area contributed by atoms with Crippen LogP contribution in [0, 0.1) is 5.92 Å². The minimum Gasteiger partial charge on any atom is -0.351 e. The van der Waals surface area contributed by atoms with Gasteiger partial charge in [-0.3, -0.25) is 9.69 Å². The van der Waals surface area contributed by atoms with Gasteiger partial charge in [0, 0.05) is 22.0 Å². The Kier molecular flexibility index (Phi) is 6.17. The molecule has 2 aromatic rings. The zero-order chi connectivity index (χ0) is 19.4. The summed E-state index contributed by atoms with van der Waals surface area (Å²) in [5, 5.41) is 7.85. The van der Waals surface area contributed by atoms with E-state index in [9.17, 15) is 4.79 Å². The molecule has 1 aliphatic heterocycles. The number of carbonyl (C=O) groups is 1. The number of benzene rings is 1. The second kappa shape index (κ2) is 8.40. The van der Waals surface area contributed by atoms with Crippen LogP contribution in [0.5, 0.6) is 0 Å². The lowest BCUT2D eigenvalue weighted by molar-refractivity contribution is -0.128. The van der Waals surface area contributed by atoms with Crippen molar-refractivity contribution in [1.29, 1.82) is 0 Å². The molecular weight excluding hydrogens is 364 g/mol. The third-order valence-electron chi connectivity index (χ3n) is 5.21. The fraction of sp³-hybridized carbons (Fsp3) is 0.550. The standard InChI is InChI=1S/C20H27ClN4O2/c1-4-20(2,3)23-19(26)14-8-10-25(11-9-14)13-17-22-18(24-27-17)15-6-5-7-16(21)12-15/h5-7,12,14H,4,8-11,13H2,1-3H3,(H,23,26). The molecule has 0 unspecified atom stereocenters. The number of nitrogens with one attached hydrogen (secondary N) is 1. The Bertz CT molecular complexity index is 782. The Labute approximate surface area is 165 Å². The largest absolute Gasteiger partial charge is 0.351 e. The van der Waals surface area contributed by atoms with E-state index in [0.29, 0.717) is 23.3 Å². The molecule has 1 amide bonds. The first-order valence-electron chi connectivity index (χ1n) is 9.49. The van der Waals surface area contributed by atoms with E-state index in [2.05, 4.69) is 41.1 Å². The third kappa shape index (κ3) is 5.30. The Morgan fingerprint density at radius 3 is 2.78 bits per heavy atom. The molecular formula is C20H27ClN4O2. The van der Waals surface area contributed by atoms with Crippen molar-refractivity contribution in [3.8, 4) is 11.4 Å². The summed E-state index contributed by atoms with van der Waals surface area (Å²) >= 11 is 6.02. The van der Waals surface area contributed by atoms with Crippen molar-refractivity contribution in [2.75, 3.05) is 13.1 Å². The van der Waals surface area contributed by atoms with E-state index >= 15 is 0 Å². The zero-order valence-corrected chi connectivity index (χ0v) is 16.9. The van der Waals surface area contributed by atoms with Crippen LogP contribution in [-0.4, -0.2) is 39.6 Å². The summed E-state index contributed by atoms with van der Waals surface area (Å²) in [6, 6.07) is 7.40. The van der Waals surface area contributed by atoms with Crippen LogP contribution >= 0.6 is 11.6 Å². The quantitative estimate of drug-likeness (QED) is 0.809. The highest BCUT2D eigenvalue weighted by atomic mass is 35.5. The first kappa shape index (κ1) is 19.8. The highest BCUT2D eigenvalue weighted by Crippen LogP contribution is 2.23. The molecule has 1 aromatic carbocycles. The number of amides is 1. The second-order valence-corrected chi connectivity index (χ2v) is 8.24. The monoisotopic (exact) mass is 390 g/mol. The molecule has 146 valence electrons. The third-order valence-corrected chi connectivity index (χ3v) is 5.45. The van der Waals surface area contributed by atoms with Crippen LogP contribution < -0.4 is 5.32 Å². The van der Waals surface area contributed by atoms with E-state index in [4.69, 9.17) is 16.1 Å². The molecule has 0 bridgehead atoms. The molecule has 0 saturated carbocycles. The van der Waals surface area contributed by atoms with Gasteiger partial charge in [-0.1, -0.05) is 35.8 Å². The Morgan fingerprint density at radius 2 is 2.11 bits per heavy atom. The van der Waals surface area contributed by atoms with Crippen LogP contribution in [0.4, 0.5) is 0 Å². The smallest absolute Gasteiger partial charge is 0.241 e. The van der Waals surface area contributed by atoms with Gasteiger partial charge in [0.25, 0.3) is 0 Å². The topological polar surface area (TPSA) is 71.3 Å². The predicted molar refractivity (Wildman–Crippen MR) is 105 cm³/mol. The molecule has 0 spiro atoms. The van der Waals surface area contributed by atoms with E-state index in [1.165, 1.54) is 0 Å². The molecule has 27 heavy (non-hydrogen) atoms. The minimum absolute atomic E-state index is 0.0804. The summed E-state index contributed by atoms with van der Waals surface area (Å²) in [7, 11) is 0. The first-order valence-corrected chi connectivity index (χ1v) is 9.87. The molecule has 1 N–H and O–H groups in total. The van der Waals surface area contributed by atoms with Crippen LogP contribution in [0.25, 0.3) is 11.4 Å². The molecule has 1 saturated heterocycles. The summed E-state index contributed by atoms with van der Waals surface area (Å²) < 4.78 is 5.39. The van der Waals surface area contributed by atoms with Crippen LogP contribution in [0.2, 0.25) is 5.02 Å². The summed E-state index contributed by atoms with van der Waals surface area (Å²) in [4.78, 5) is 19.2. The number of hydrogen-bond donors (Lipinski definition) is 1. The molecule has 7 heteroatoms. The highest BCUT2D eigenvalue weighted by Gasteiger charge is 2.28. The van der Waals surface area contributed by atoms with Crippen LogP contribution in [-0.2, 0) is 11.3 Å². The number of halogens is 1. The average Bonchev–Trinajstić information content (AvgIpc) is 3.10. The fourth-order valence-electron chi connectivity index (χ4n) is 3.13. The van der Waals surface area contributed by atoms with E-state index < -0.39 is 0 Å². The number of rotatable bonds is 6. The molecule has 3 rings (SSSR count). The van der Waals surface area contributed by atoms with Gasteiger partial charge in [-0.2, -0.15) is 4.98 Å². The maximum atomic E-state index is 12.4. The lowest BCUT2D eigenvalue weighted by atomic mass is 9.93. The van der Waals surface area contributed by atoms with Crippen molar-refractivity contribution < 1.29 is 9.32 Å². The molecule has 0 radical (unpaired) electrons. The molecule has 1 aromatic heterocycles. The summed E-state index contributed by atoms with van der Waals surface area (Å²) in [6.45, 7) is 8.51. The number of piperidine rings is 1. The lowest BCUT2D eigenvalue weighted by Gasteiger charge is -2.33. The maximum Gasteiger partial charge on any atom is 0.241 e. The van der Waals surface area contributed by atoms with Gasteiger partial charge < -0.3 is 9.84 Å². The van der Waals surface area contributed by atoms with Gasteiger partial charge in [-0.15, -0.1) is 0 Å². The molecule has 1 fully saturated rings. The molecule has 2 heterocycles. The van der Waals surface area contributed by atoms with Gasteiger partial charge in [-0.25, -0.2) is 0 Å². The van der Waals surface area contributed by atoms with E-state index in [0.717, 1.165) is 37.9 Å². The van der Waals surface area contributed by atoms with E-state index in [1.807, 2.05) is 24.3 Å². The van der Waals surface area contributed by atoms with Gasteiger partial charge in [-0.05, 0) is 58.3 Å². The van der Waals surface area contributed by atoms with E-state index in [-0.39, 0.29) is 17.4 Å². The van der Waals surface area contributed by atoms with Crippen molar-refractivity contribution >= 4 is 17.5 Å². The van der Waals surface area contributed by atoms with Gasteiger partial charge >= 0.3 is 0 Å². The first-order chi connectivity index (χ1) is 12.9. The normalized spacial score (nSPS) is 16.4. The van der Waals surface area contributed by atoms with Crippen molar-refractivity contribution in [2.24, 2.45) is 5.92 Å². The molecule has 0 aliphatic carbocycles. The van der Waals surface area contributed by atoms with Crippen molar-refractivity contribution in [2.45, 2.75) is 52.1 Å². The van der Waals surface area contributed by atoms with Gasteiger partial charge in [0.1, 0.15) is 0 Å². The second-order valence-electron chi connectivity index (χ2n) is 7.80. The number of hydrogen-bond acceptors (Lipinski definition) is 5. The Morgan fingerprint density at radius 1 is 1.37 bits per heavy atom. The van der Waals surface area contributed by atoms with Crippen molar-refractivity contribution in [3.05, 3.63) is 35.2 Å². The van der Waals surface area contributed by atoms with Gasteiger partial charge in [0.2, 0.25) is 17.6 Å². The maximum absolute atomic E-state index is 12.4. The van der Waals surface area contributed by atoms with Gasteiger partial charge in [0.05, 0.1) is 6.54 Å². The Hall–Kier alpha value is -1.92. The molecule has 1 aliphatic rings. The molecule has 0 atom stereocenters. The fourth-order valence-corrected chi connectivity index (χ4v) is 3.32.